The molecule has 1 aromatic carbocycles. The Morgan fingerprint density at radius 3 is 2.77 bits per heavy atom. The number of nitrogens with one attached hydrogen (secondary N) is 1. The summed E-state index contributed by atoms with van der Waals surface area (Å²) in [6.07, 6.45) is 3.93. The fraction of sp³-hybridized carbons (Fsp3) is 0.375. The maximum Gasteiger partial charge on any atom is 0.189 e. The fourth-order valence-electron chi connectivity index (χ4n) is 2.30. The Bertz CT molecular complexity index is 608. The first-order chi connectivity index (χ1) is 10.3. The van der Waals surface area contributed by atoms with E-state index in [-0.39, 0.29) is 24.0 Å². The molecule has 0 atom stereocenters. The molecule has 0 radical (unpaired) electrons. The molecule has 1 heterocycles. The van der Waals surface area contributed by atoms with Crippen molar-refractivity contribution in [3.8, 4) is 11.3 Å². The number of benzene rings is 1. The van der Waals surface area contributed by atoms with Crippen molar-refractivity contribution in [2.45, 2.75) is 25.8 Å². The number of nitrogens with two attached hydrogens (primary N) is 1. The third-order valence-corrected chi connectivity index (χ3v) is 3.83. The van der Waals surface area contributed by atoms with Gasteiger partial charge >= 0.3 is 0 Å². The molecule has 1 aromatic heterocycles. The van der Waals surface area contributed by atoms with Crippen LogP contribution in [-0.4, -0.2) is 17.7 Å². The summed E-state index contributed by atoms with van der Waals surface area (Å²) in [5.41, 5.74) is 7.70. The Morgan fingerprint density at radius 1 is 1.32 bits per heavy atom. The number of guanidine groups is 1. The van der Waals surface area contributed by atoms with Crippen LogP contribution in [-0.2, 0) is 6.54 Å². The molecule has 1 aliphatic carbocycles. The van der Waals surface area contributed by atoms with E-state index < -0.39 is 0 Å². The van der Waals surface area contributed by atoms with E-state index in [0.717, 1.165) is 23.7 Å². The summed E-state index contributed by atoms with van der Waals surface area (Å²) in [7, 11) is 0. The van der Waals surface area contributed by atoms with E-state index in [1.807, 2.05) is 36.4 Å². The van der Waals surface area contributed by atoms with Crippen LogP contribution in [0.3, 0.4) is 0 Å². The standard InChI is InChI=1S/C16H20N4O.HI/c17-16(18-10-12-5-4-6-12)19-11-14-9-15(20-21-14)13-7-2-1-3-8-13;/h1-3,7-9,12H,4-6,10-11H2,(H3,17,18,19);1H. The van der Waals surface area contributed by atoms with Crippen LogP contribution in [0.25, 0.3) is 11.3 Å². The zero-order chi connectivity index (χ0) is 14.5. The molecule has 2 aromatic rings. The Hall–Kier alpha value is -1.57. The molecule has 3 rings (SSSR count). The molecule has 22 heavy (non-hydrogen) atoms. The maximum absolute atomic E-state index is 5.84. The number of aromatic nitrogens is 1. The zero-order valence-electron chi connectivity index (χ0n) is 12.4. The van der Waals surface area contributed by atoms with E-state index in [9.17, 15) is 0 Å². The molecule has 0 amide bonds. The van der Waals surface area contributed by atoms with Gasteiger partial charge in [-0.05, 0) is 18.8 Å². The molecule has 0 aliphatic heterocycles. The number of nitrogens with zero attached hydrogens (tertiary/aromatic N) is 2. The van der Waals surface area contributed by atoms with Gasteiger partial charge in [-0.3, -0.25) is 0 Å². The summed E-state index contributed by atoms with van der Waals surface area (Å²) in [4.78, 5) is 4.28. The van der Waals surface area contributed by atoms with Gasteiger partial charge < -0.3 is 15.6 Å². The van der Waals surface area contributed by atoms with E-state index >= 15 is 0 Å². The quantitative estimate of drug-likeness (QED) is 0.450. The topological polar surface area (TPSA) is 76.4 Å². The first-order valence-corrected chi connectivity index (χ1v) is 7.36. The summed E-state index contributed by atoms with van der Waals surface area (Å²) in [5, 5.41) is 7.21. The monoisotopic (exact) mass is 412 g/mol. The second-order valence-corrected chi connectivity index (χ2v) is 5.42. The van der Waals surface area contributed by atoms with Crippen LogP contribution in [0.1, 0.15) is 25.0 Å². The van der Waals surface area contributed by atoms with Crippen molar-refractivity contribution in [1.82, 2.24) is 10.5 Å². The van der Waals surface area contributed by atoms with Crippen LogP contribution in [0.15, 0.2) is 45.9 Å². The van der Waals surface area contributed by atoms with Crippen molar-refractivity contribution in [3.05, 3.63) is 42.2 Å². The minimum atomic E-state index is 0. The summed E-state index contributed by atoms with van der Waals surface area (Å²) >= 11 is 0. The van der Waals surface area contributed by atoms with Crippen molar-refractivity contribution in [2.24, 2.45) is 16.6 Å². The normalized spacial score (nSPS) is 15.0. The van der Waals surface area contributed by atoms with Gasteiger partial charge in [-0.2, -0.15) is 0 Å². The molecule has 3 N–H and O–H groups in total. The van der Waals surface area contributed by atoms with Crippen LogP contribution in [0.2, 0.25) is 0 Å². The summed E-state index contributed by atoms with van der Waals surface area (Å²) < 4.78 is 5.29. The Balaban J connectivity index is 0.00000176. The third-order valence-electron chi connectivity index (χ3n) is 3.83. The van der Waals surface area contributed by atoms with E-state index in [1.54, 1.807) is 0 Å². The second-order valence-electron chi connectivity index (χ2n) is 5.42. The maximum atomic E-state index is 5.84. The summed E-state index contributed by atoms with van der Waals surface area (Å²) in [6.45, 7) is 1.32. The molecule has 1 saturated carbocycles. The minimum absolute atomic E-state index is 0. The second kappa shape index (κ2) is 8.17. The van der Waals surface area contributed by atoms with Gasteiger partial charge in [0.25, 0.3) is 0 Å². The van der Waals surface area contributed by atoms with Crippen LogP contribution < -0.4 is 11.1 Å². The van der Waals surface area contributed by atoms with E-state index in [1.165, 1.54) is 19.3 Å². The van der Waals surface area contributed by atoms with Crippen molar-refractivity contribution < 1.29 is 4.52 Å². The van der Waals surface area contributed by atoms with Crippen LogP contribution in [0.5, 0.6) is 0 Å². The Labute approximate surface area is 147 Å². The van der Waals surface area contributed by atoms with Gasteiger partial charge in [-0.25, -0.2) is 4.99 Å². The highest BCUT2D eigenvalue weighted by Crippen LogP contribution is 2.25. The van der Waals surface area contributed by atoms with Crippen LogP contribution in [0.4, 0.5) is 0 Å². The molecular formula is C16H21IN4O. The third kappa shape index (κ3) is 4.46. The van der Waals surface area contributed by atoms with Gasteiger partial charge in [0.15, 0.2) is 11.7 Å². The van der Waals surface area contributed by atoms with Crippen molar-refractivity contribution >= 4 is 29.9 Å². The highest BCUT2D eigenvalue weighted by Gasteiger charge is 2.16. The number of aliphatic imine (C=N–C) groups is 1. The number of hydrogen-bond donors (Lipinski definition) is 2. The van der Waals surface area contributed by atoms with Gasteiger partial charge in [0, 0.05) is 18.2 Å². The molecule has 0 unspecified atom stereocenters. The summed E-state index contributed by atoms with van der Waals surface area (Å²) in [5.74, 6) is 1.94. The van der Waals surface area contributed by atoms with E-state index in [2.05, 4.69) is 15.5 Å². The lowest BCUT2D eigenvalue weighted by molar-refractivity contribution is 0.315. The lowest BCUT2D eigenvalue weighted by atomic mass is 9.85. The average molecular weight is 412 g/mol. The number of halogens is 1. The SMILES string of the molecule is I.NC(=NCc1cc(-c2ccccc2)no1)NCC1CCC1. The first-order valence-electron chi connectivity index (χ1n) is 7.36. The van der Waals surface area contributed by atoms with E-state index in [4.69, 9.17) is 10.3 Å². The predicted octanol–water partition coefficient (Wildman–Crippen LogP) is 3.16. The number of rotatable bonds is 5. The molecule has 0 spiro atoms. The van der Waals surface area contributed by atoms with Gasteiger partial charge in [-0.15, -0.1) is 24.0 Å². The molecular weight excluding hydrogens is 391 g/mol. The van der Waals surface area contributed by atoms with Crippen LogP contribution in [0, 0.1) is 5.92 Å². The van der Waals surface area contributed by atoms with Crippen LogP contribution >= 0.6 is 24.0 Å². The van der Waals surface area contributed by atoms with Crippen molar-refractivity contribution in [3.63, 3.8) is 0 Å². The lowest BCUT2D eigenvalue weighted by Crippen LogP contribution is -2.37. The molecule has 0 saturated heterocycles. The van der Waals surface area contributed by atoms with Gasteiger partial charge in [0.2, 0.25) is 0 Å². The zero-order valence-corrected chi connectivity index (χ0v) is 14.7. The van der Waals surface area contributed by atoms with E-state index in [0.29, 0.717) is 18.3 Å². The fourth-order valence-corrected chi connectivity index (χ4v) is 2.30. The largest absolute Gasteiger partial charge is 0.370 e. The highest BCUT2D eigenvalue weighted by molar-refractivity contribution is 14.0. The smallest absolute Gasteiger partial charge is 0.189 e. The summed E-state index contributed by atoms with van der Waals surface area (Å²) in [6, 6.07) is 11.8. The van der Waals surface area contributed by atoms with Gasteiger partial charge in [0.05, 0.1) is 0 Å². The molecule has 6 heteroatoms. The molecule has 118 valence electrons. The molecule has 0 bridgehead atoms. The van der Waals surface area contributed by atoms with Crippen molar-refractivity contribution in [2.75, 3.05) is 6.54 Å². The Kier molecular flexibility index (Phi) is 6.23. The van der Waals surface area contributed by atoms with Gasteiger partial charge in [-0.1, -0.05) is 41.9 Å². The lowest BCUT2D eigenvalue weighted by Gasteiger charge is -2.25. The highest BCUT2D eigenvalue weighted by atomic mass is 127. The Morgan fingerprint density at radius 2 is 2.09 bits per heavy atom. The average Bonchev–Trinajstić information content (AvgIpc) is 2.93. The first kappa shape index (κ1) is 16.8. The molecule has 1 aliphatic rings. The van der Waals surface area contributed by atoms with Gasteiger partial charge in [0.1, 0.15) is 12.2 Å². The molecule has 5 nitrogen and oxygen atoms in total. The predicted molar refractivity (Wildman–Crippen MR) is 98.0 cm³/mol. The minimum Gasteiger partial charge on any atom is -0.370 e. The van der Waals surface area contributed by atoms with Crippen molar-refractivity contribution in [1.29, 1.82) is 0 Å². The molecule has 1 fully saturated rings. The number of hydrogen-bond acceptors (Lipinski definition) is 3.